The minimum Gasteiger partial charge on any atom is -0.342 e. The molecule has 0 aliphatic carbocycles. The van der Waals surface area contributed by atoms with Crippen molar-refractivity contribution >= 4 is 45.2 Å². The number of carbonyl (C=O) groups excluding carboxylic acids is 2. The smallest absolute Gasteiger partial charge is 0.251 e. The van der Waals surface area contributed by atoms with Crippen LogP contribution < -0.4 is 10.6 Å². The number of aromatic nitrogens is 3. The number of benzene rings is 2. The number of carbonyl (C=O) groups is 2. The van der Waals surface area contributed by atoms with Gasteiger partial charge in [-0.3, -0.25) is 9.59 Å². The van der Waals surface area contributed by atoms with E-state index < -0.39 is 0 Å². The normalized spacial score (nSPS) is 11.7. The third-order valence-electron chi connectivity index (χ3n) is 4.38. The SMILES string of the molecule is Cc1ccc(C(=O)N[C@@H](C)c2nnc(SCC(=O)Nc3ccc(Br)cc3)n2C)cc1. The number of amides is 2. The van der Waals surface area contributed by atoms with Crippen molar-refractivity contribution < 1.29 is 9.59 Å². The second kappa shape index (κ2) is 9.90. The standard InChI is InChI=1S/C21H22BrN5O2S/c1-13-4-6-15(7-5-13)20(29)23-14(2)19-25-26-21(27(19)3)30-12-18(28)24-17-10-8-16(22)9-11-17/h4-11,14H,12H2,1-3H3,(H,23,29)(H,24,28)/t14-/m0/s1. The second-order valence-corrected chi connectivity index (χ2v) is 8.66. The molecule has 2 aromatic carbocycles. The zero-order chi connectivity index (χ0) is 21.7. The van der Waals surface area contributed by atoms with E-state index in [1.807, 2.05) is 57.3 Å². The lowest BCUT2D eigenvalue weighted by Crippen LogP contribution is -2.28. The summed E-state index contributed by atoms with van der Waals surface area (Å²) in [7, 11) is 1.82. The van der Waals surface area contributed by atoms with E-state index in [1.165, 1.54) is 11.8 Å². The Morgan fingerprint density at radius 1 is 1.10 bits per heavy atom. The van der Waals surface area contributed by atoms with E-state index in [1.54, 1.807) is 16.7 Å². The lowest BCUT2D eigenvalue weighted by Gasteiger charge is -2.13. The summed E-state index contributed by atoms with van der Waals surface area (Å²) in [5.74, 6) is 0.513. The number of hydrogen-bond donors (Lipinski definition) is 2. The average Bonchev–Trinajstić information content (AvgIpc) is 3.09. The molecular weight excluding hydrogens is 466 g/mol. The summed E-state index contributed by atoms with van der Waals surface area (Å²) in [6, 6.07) is 14.4. The number of rotatable bonds is 7. The fraction of sp³-hybridized carbons (Fsp3) is 0.238. The highest BCUT2D eigenvalue weighted by atomic mass is 79.9. The van der Waals surface area contributed by atoms with Gasteiger partial charge in [0.25, 0.3) is 5.91 Å². The summed E-state index contributed by atoms with van der Waals surface area (Å²) < 4.78 is 2.74. The molecule has 0 fully saturated rings. The van der Waals surface area contributed by atoms with Gasteiger partial charge in [-0.25, -0.2) is 0 Å². The molecule has 9 heteroatoms. The summed E-state index contributed by atoms with van der Waals surface area (Å²) in [6.45, 7) is 3.83. The van der Waals surface area contributed by atoms with Crippen molar-refractivity contribution in [2.45, 2.75) is 25.0 Å². The lowest BCUT2D eigenvalue weighted by atomic mass is 10.1. The first-order chi connectivity index (χ1) is 14.3. The Hall–Kier alpha value is -2.65. The molecular formula is C21H22BrN5O2S. The largest absolute Gasteiger partial charge is 0.342 e. The zero-order valence-electron chi connectivity index (χ0n) is 16.8. The van der Waals surface area contributed by atoms with Gasteiger partial charge in [0.2, 0.25) is 5.91 Å². The number of anilines is 1. The first-order valence-electron chi connectivity index (χ1n) is 9.28. The summed E-state index contributed by atoms with van der Waals surface area (Å²) in [5, 5.41) is 14.7. The molecule has 2 N–H and O–H groups in total. The molecule has 3 rings (SSSR count). The number of thioether (sulfide) groups is 1. The van der Waals surface area contributed by atoms with Crippen LogP contribution in [0.1, 0.15) is 34.7 Å². The summed E-state index contributed by atoms with van der Waals surface area (Å²) in [5.41, 5.74) is 2.42. The molecule has 1 aromatic heterocycles. The van der Waals surface area contributed by atoms with E-state index in [0.717, 1.165) is 15.7 Å². The Bertz CT molecular complexity index is 1030. The zero-order valence-corrected chi connectivity index (χ0v) is 19.3. The molecule has 0 aliphatic rings. The number of aryl methyl sites for hydroxylation is 1. The van der Waals surface area contributed by atoms with E-state index in [4.69, 9.17) is 0 Å². The first kappa shape index (κ1) is 22.0. The topological polar surface area (TPSA) is 88.9 Å². The molecule has 0 unspecified atom stereocenters. The van der Waals surface area contributed by atoms with Gasteiger partial charge in [-0.15, -0.1) is 10.2 Å². The van der Waals surface area contributed by atoms with Gasteiger partial charge in [0, 0.05) is 22.8 Å². The summed E-state index contributed by atoms with van der Waals surface area (Å²) >= 11 is 4.65. The number of nitrogens with zero attached hydrogens (tertiary/aromatic N) is 3. The molecule has 0 saturated heterocycles. The highest BCUT2D eigenvalue weighted by molar-refractivity contribution is 9.10. The molecule has 0 radical (unpaired) electrons. The van der Waals surface area contributed by atoms with Crippen molar-refractivity contribution in [2.75, 3.05) is 11.1 Å². The van der Waals surface area contributed by atoms with Crippen LogP contribution in [0.5, 0.6) is 0 Å². The van der Waals surface area contributed by atoms with Gasteiger partial charge < -0.3 is 15.2 Å². The number of halogens is 1. The maximum Gasteiger partial charge on any atom is 0.251 e. The van der Waals surface area contributed by atoms with Crippen molar-refractivity contribution in [3.63, 3.8) is 0 Å². The quantitative estimate of drug-likeness (QED) is 0.489. The lowest BCUT2D eigenvalue weighted by molar-refractivity contribution is -0.113. The van der Waals surface area contributed by atoms with Crippen LogP contribution in [-0.4, -0.2) is 32.3 Å². The van der Waals surface area contributed by atoms with Crippen LogP contribution in [0.2, 0.25) is 0 Å². The van der Waals surface area contributed by atoms with Gasteiger partial charge in [-0.1, -0.05) is 45.4 Å². The minimum absolute atomic E-state index is 0.132. The van der Waals surface area contributed by atoms with E-state index in [9.17, 15) is 9.59 Å². The first-order valence-corrected chi connectivity index (χ1v) is 11.1. The summed E-state index contributed by atoms with van der Waals surface area (Å²) in [4.78, 5) is 24.6. The van der Waals surface area contributed by atoms with Crippen LogP contribution in [0.3, 0.4) is 0 Å². The molecule has 2 amide bonds. The van der Waals surface area contributed by atoms with Crippen LogP contribution in [0, 0.1) is 6.92 Å². The van der Waals surface area contributed by atoms with Crippen LogP contribution in [0.25, 0.3) is 0 Å². The van der Waals surface area contributed by atoms with Crippen LogP contribution in [-0.2, 0) is 11.8 Å². The molecule has 3 aromatic rings. The van der Waals surface area contributed by atoms with E-state index in [2.05, 4.69) is 36.8 Å². The maximum atomic E-state index is 12.4. The van der Waals surface area contributed by atoms with E-state index in [-0.39, 0.29) is 23.6 Å². The van der Waals surface area contributed by atoms with Crippen molar-refractivity contribution in [3.05, 3.63) is 70.0 Å². The minimum atomic E-state index is -0.331. The molecule has 1 heterocycles. The summed E-state index contributed by atoms with van der Waals surface area (Å²) in [6.07, 6.45) is 0. The van der Waals surface area contributed by atoms with Gasteiger partial charge in [-0.2, -0.15) is 0 Å². The van der Waals surface area contributed by atoms with Gasteiger partial charge in [-0.05, 0) is 50.2 Å². The van der Waals surface area contributed by atoms with Crippen molar-refractivity contribution in [1.29, 1.82) is 0 Å². The maximum absolute atomic E-state index is 12.4. The van der Waals surface area contributed by atoms with E-state index in [0.29, 0.717) is 16.5 Å². The molecule has 156 valence electrons. The van der Waals surface area contributed by atoms with Crippen LogP contribution in [0.4, 0.5) is 5.69 Å². The Kier molecular flexibility index (Phi) is 7.28. The number of nitrogens with one attached hydrogen (secondary N) is 2. The molecule has 0 bridgehead atoms. The second-order valence-electron chi connectivity index (χ2n) is 6.80. The van der Waals surface area contributed by atoms with E-state index >= 15 is 0 Å². The third-order valence-corrected chi connectivity index (χ3v) is 5.93. The van der Waals surface area contributed by atoms with Crippen LogP contribution >= 0.6 is 27.7 Å². The average molecular weight is 488 g/mol. The van der Waals surface area contributed by atoms with Gasteiger partial charge in [0.15, 0.2) is 11.0 Å². The Labute approximate surface area is 187 Å². The van der Waals surface area contributed by atoms with Crippen molar-refractivity contribution in [2.24, 2.45) is 7.05 Å². The Balaban J connectivity index is 1.56. The van der Waals surface area contributed by atoms with Gasteiger partial charge in [0.05, 0.1) is 11.8 Å². The molecule has 30 heavy (non-hydrogen) atoms. The predicted octanol–water partition coefficient (Wildman–Crippen LogP) is 4.11. The third kappa shape index (κ3) is 5.70. The molecule has 7 nitrogen and oxygen atoms in total. The predicted molar refractivity (Wildman–Crippen MR) is 122 cm³/mol. The fourth-order valence-corrected chi connectivity index (χ4v) is 3.72. The van der Waals surface area contributed by atoms with Crippen molar-refractivity contribution in [3.8, 4) is 0 Å². The number of hydrogen-bond acceptors (Lipinski definition) is 5. The Morgan fingerprint density at radius 3 is 2.43 bits per heavy atom. The van der Waals surface area contributed by atoms with Gasteiger partial charge in [0.1, 0.15) is 0 Å². The highest BCUT2D eigenvalue weighted by Gasteiger charge is 2.19. The molecule has 0 spiro atoms. The fourth-order valence-electron chi connectivity index (χ4n) is 2.74. The monoisotopic (exact) mass is 487 g/mol. The van der Waals surface area contributed by atoms with Gasteiger partial charge >= 0.3 is 0 Å². The van der Waals surface area contributed by atoms with Crippen molar-refractivity contribution in [1.82, 2.24) is 20.1 Å². The molecule has 0 aliphatic heterocycles. The Morgan fingerprint density at radius 2 is 1.77 bits per heavy atom. The molecule has 0 saturated carbocycles. The van der Waals surface area contributed by atoms with Crippen LogP contribution in [0.15, 0.2) is 58.2 Å². The highest BCUT2D eigenvalue weighted by Crippen LogP contribution is 2.20. The molecule has 1 atom stereocenters.